The minimum absolute atomic E-state index is 0.0155. The maximum Gasteiger partial charge on any atom is 0.338 e. The Morgan fingerprint density at radius 2 is 1.06 bits per heavy atom. The highest BCUT2D eigenvalue weighted by Gasteiger charge is 2.69. The van der Waals surface area contributed by atoms with E-state index in [9.17, 15) is 19.2 Å². The topological polar surface area (TPSA) is 114 Å². The van der Waals surface area contributed by atoms with Gasteiger partial charge in [-0.2, -0.15) is 0 Å². The van der Waals surface area contributed by atoms with Gasteiger partial charge in [-0.1, -0.05) is 97.1 Å². The van der Waals surface area contributed by atoms with Crippen LogP contribution in [0.4, 0.5) is 0 Å². The third kappa shape index (κ3) is 7.26. The summed E-state index contributed by atoms with van der Waals surface area (Å²) in [5, 5.41) is 0. The molecular weight excluding hydrogens is 600 g/mol. The zero-order valence-electron chi connectivity index (χ0n) is 25.6. The number of fused-ring (bicyclic) bond motifs is 2. The van der Waals surface area contributed by atoms with Crippen molar-refractivity contribution in [3.05, 3.63) is 144 Å². The number of carbonyl (C=O) groups excluding carboxylic acids is 4. The second-order valence-electron chi connectivity index (χ2n) is 11.7. The largest absolute Gasteiger partial charge is 0.462 e. The Morgan fingerprint density at radius 1 is 0.596 bits per heavy atom. The summed E-state index contributed by atoms with van der Waals surface area (Å²) < 4.78 is 29.4. The van der Waals surface area contributed by atoms with Crippen molar-refractivity contribution in [2.75, 3.05) is 13.2 Å². The predicted octanol–water partition coefficient (Wildman–Crippen LogP) is 5.58. The number of hydrogen-bond acceptors (Lipinski definition) is 9. The van der Waals surface area contributed by atoms with E-state index in [1.54, 1.807) is 60.7 Å². The average Bonchev–Trinajstić information content (AvgIpc) is 3.66. The van der Waals surface area contributed by atoms with E-state index in [1.165, 1.54) is 0 Å². The predicted molar refractivity (Wildman–Crippen MR) is 169 cm³/mol. The monoisotopic (exact) mass is 634 g/mol. The maximum atomic E-state index is 13.9. The van der Waals surface area contributed by atoms with Crippen LogP contribution in [0.3, 0.4) is 0 Å². The van der Waals surface area contributed by atoms with Crippen molar-refractivity contribution in [1.82, 2.24) is 0 Å². The van der Waals surface area contributed by atoms with Gasteiger partial charge < -0.3 is 23.7 Å². The van der Waals surface area contributed by atoms with Gasteiger partial charge in [0, 0.05) is 5.92 Å². The Morgan fingerprint density at radius 3 is 1.60 bits per heavy atom. The fraction of sp³-hybridized carbons (Fsp3) is 0.263. The Balaban J connectivity index is 1.27. The van der Waals surface area contributed by atoms with Gasteiger partial charge in [-0.25, -0.2) is 9.59 Å². The van der Waals surface area contributed by atoms with Gasteiger partial charge in [0.2, 0.25) is 0 Å². The third-order valence-electron chi connectivity index (χ3n) is 8.59. The van der Waals surface area contributed by atoms with E-state index in [1.807, 2.05) is 60.7 Å². The molecule has 0 aromatic heterocycles. The van der Waals surface area contributed by atoms with E-state index < -0.39 is 53.3 Å². The average molecular weight is 635 g/mol. The van der Waals surface area contributed by atoms with Gasteiger partial charge in [-0.15, -0.1) is 0 Å². The molecule has 0 spiro atoms. The smallest absolute Gasteiger partial charge is 0.338 e. The first-order valence-electron chi connectivity index (χ1n) is 15.5. The van der Waals surface area contributed by atoms with E-state index in [2.05, 4.69) is 0 Å². The van der Waals surface area contributed by atoms with E-state index >= 15 is 0 Å². The lowest BCUT2D eigenvalue weighted by molar-refractivity contribution is -0.167. The van der Waals surface area contributed by atoms with Gasteiger partial charge in [0.25, 0.3) is 0 Å². The lowest BCUT2D eigenvalue weighted by Crippen LogP contribution is -2.52. The molecule has 0 amide bonds. The normalized spacial score (nSPS) is 22.6. The summed E-state index contributed by atoms with van der Waals surface area (Å²) in [5.74, 6) is -5.21. The molecule has 5 atom stereocenters. The molecule has 0 N–H and O–H groups in total. The summed E-state index contributed by atoms with van der Waals surface area (Å²) in [5.41, 5.74) is 0.816. The molecule has 2 fully saturated rings. The highest BCUT2D eigenvalue weighted by Crippen LogP contribution is 2.55. The molecule has 2 bridgehead atoms. The van der Waals surface area contributed by atoms with Crippen LogP contribution in [0.15, 0.2) is 121 Å². The Labute approximate surface area is 272 Å². The van der Waals surface area contributed by atoms with Gasteiger partial charge >= 0.3 is 23.9 Å². The molecule has 47 heavy (non-hydrogen) atoms. The number of esters is 4. The lowest BCUT2D eigenvalue weighted by atomic mass is 9.67. The fourth-order valence-corrected chi connectivity index (χ4v) is 6.36. The van der Waals surface area contributed by atoms with Crippen molar-refractivity contribution >= 4 is 23.9 Å². The van der Waals surface area contributed by atoms with E-state index in [0.29, 0.717) is 11.1 Å². The second-order valence-corrected chi connectivity index (χ2v) is 11.7. The number of carbonyl (C=O) groups is 4. The molecule has 0 saturated carbocycles. The molecule has 4 aromatic rings. The molecule has 2 aliphatic rings. The number of ether oxygens (including phenoxy) is 5. The molecule has 2 aliphatic heterocycles. The minimum Gasteiger partial charge on any atom is -0.462 e. The highest BCUT2D eigenvalue weighted by molar-refractivity contribution is 5.90. The van der Waals surface area contributed by atoms with Crippen molar-refractivity contribution in [2.24, 2.45) is 17.8 Å². The van der Waals surface area contributed by atoms with Gasteiger partial charge in [0.1, 0.15) is 31.3 Å². The molecule has 0 unspecified atom stereocenters. The highest BCUT2D eigenvalue weighted by atomic mass is 16.6. The van der Waals surface area contributed by atoms with E-state index in [4.69, 9.17) is 23.7 Å². The van der Waals surface area contributed by atoms with E-state index in [-0.39, 0.29) is 32.8 Å². The van der Waals surface area contributed by atoms with Crippen LogP contribution in [0.5, 0.6) is 0 Å². The summed E-state index contributed by atoms with van der Waals surface area (Å²) in [6.45, 7) is -0.447. The summed E-state index contributed by atoms with van der Waals surface area (Å²) in [6, 6.07) is 35.3. The minimum atomic E-state index is -1.43. The Kier molecular flexibility index (Phi) is 9.73. The molecule has 2 heterocycles. The first-order valence-corrected chi connectivity index (χ1v) is 15.5. The van der Waals surface area contributed by atoms with Crippen LogP contribution < -0.4 is 0 Å². The summed E-state index contributed by atoms with van der Waals surface area (Å²) in [6.07, 6.45) is -0.693. The van der Waals surface area contributed by atoms with Crippen molar-refractivity contribution in [3.8, 4) is 0 Å². The first kappa shape index (κ1) is 31.7. The van der Waals surface area contributed by atoms with Crippen LogP contribution >= 0.6 is 0 Å². The molecule has 9 nitrogen and oxygen atoms in total. The number of rotatable bonds is 12. The Bertz CT molecular complexity index is 1680. The van der Waals surface area contributed by atoms with Crippen LogP contribution in [-0.2, 0) is 46.5 Å². The lowest BCUT2D eigenvalue weighted by Gasteiger charge is -2.36. The molecule has 0 radical (unpaired) electrons. The van der Waals surface area contributed by atoms with Gasteiger partial charge in [0.15, 0.2) is 0 Å². The molecule has 6 rings (SSSR count). The van der Waals surface area contributed by atoms with Crippen LogP contribution in [0.2, 0.25) is 0 Å². The van der Waals surface area contributed by atoms with Crippen LogP contribution in [0, 0.1) is 17.8 Å². The summed E-state index contributed by atoms with van der Waals surface area (Å²) >= 11 is 0. The molecule has 2 saturated heterocycles. The molecular formula is C38H34O9. The molecule has 9 heteroatoms. The zero-order valence-corrected chi connectivity index (χ0v) is 25.6. The van der Waals surface area contributed by atoms with Crippen molar-refractivity contribution in [3.63, 3.8) is 0 Å². The van der Waals surface area contributed by atoms with E-state index in [0.717, 1.165) is 11.1 Å². The summed E-state index contributed by atoms with van der Waals surface area (Å²) in [4.78, 5) is 53.7. The zero-order chi connectivity index (χ0) is 32.6. The van der Waals surface area contributed by atoms with Crippen molar-refractivity contribution in [2.45, 2.75) is 31.3 Å². The SMILES string of the molecule is O=C(OC[C@H]1C[C@]2(COC(=O)c3ccccc3)O[C@H]1[C@@H](C(=O)OCc1ccccc1)[C@H]2C(=O)OCc1ccccc1)c1ccccc1. The van der Waals surface area contributed by atoms with Gasteiger partial charge in [-0.3, -0.25) is 9.59 Å². The van der Waals surface area contributed by atoms with Gasteiger partial charge in [-0.05, 0) is 41.8 Å². The van der Waals surface area contributed by atoms with Crippen molar-refractivity contribution < 1.29 is 42.9 Å². The molecule has 0 aliphatic carbocycles. The number of hydrogen-bond donors (Lipinski definition) is 0. The molecule has 240 valence electrons. The number of benzene rings is 4. The van der Waals surface area contributed by atoms with Crippen LogP contribution in [0.1, 0.15) is 38.3 Å². The third-order valence-corrected chi connectivity index (χ3v) is 8.59. The maximum absolute atomic E-state index is 13.9. The summed E-state index contributed by atoms with van der Waals surface area (Å²) in [7, 11) is 0. The quantitative estimate of drug-likeness (QED) is 0.146. The van der Waals surface area contributed by atoms with Crippen molar-refractivity contribution in [1.29, 1.82) is 0 Å². The Hall–Kier alpha value is -5.28. The standard InChI is InChI=1S/C38H34O9/c39-34(28-17-9-3-10-18-28)45-24-30-21-38(25-46-35(40)29-19-11-4-12-20-29)32(37(42)44-23-27-15-7-2-8-16-27)31(33(30)47-38)36(41)43-22-26-13-5-1-6-14-26/h1-20,30-33H,21-25H2/t30-,31+,32+,33-,38-/m1/s1. The van der Waals surface area contributed by atoms with Crippen LogP contribution in [0.25, 0.3) is 0 Å². The van der Waals surface area contributed by atoms with Crippen LogP contribution in [-0.4, -0.2) is 48.8 Å². The first-order chi connectivity index (χ1) is 22.9. The second kappa shape index (κ2) is 14.4. The fourth-order valence-electron chi connectivity index (χ4n) is 6.36. The van der Waals surface area contributed by atoms with Gasteiger partial charge in [0.05, 0.1) is 29.8 Å². The molecule has 4 aromatic carbocycles.